The van der Waals surface area contributed by atoms with Crippen LogP contribution in [0.5, 0.6) is 0 Å². The predicted molar refractivity (Wildman–Crippen MR) is 53.9 cm³/mol. The monoisotopic (exact) mass is 183 g/mol. The highest BCUT2D eigenvalue weighted by Gasteiger charge is 2.33. The molecule has 2 heterocycles. The van der Waals surface area contributed by atoms with Gasteiger partial charge < -0.3 is 4.74 Å². The minimum atomic E-state index is 0.564. The number of rotatable bonds is 3. The van der Waals surface area contributed by atoms with Gasteiger partial charge in [-0.1, -0.05) is 6.92 Å². The van der Waals surface area contributed by atoms with Crippen molar-refractivity contribution in [3.05, 3.63) is 0 Å². The summed E-state index contributed by atoms with van der Waals surface area (Å²) in [6.07, 6.45) is 7.17. The van der Waals surface area contributed by atoms with Gasteiger partial charge in [0.25, 0.3) is 0 Å². The van der Waals surface area contributed by atoms with Gasteiger partial charge in [0.1, 0.15) is 0 Å². The van der Waals surface area contributed by atoms with Crippen LogP contribution in [-0.4, -0.2) is 36.7 Å². The molecule has 2 atom stereocenters. The topological polar surface area (TPSA) is 12.5 Å². The second-order valence-corrected chi connectivity index (χ2v) is 4.30. The highest BCUT2D eigenvalue weighted by molar-refractivity contribution is 4.87. The first-order valence-corrected chi connectivity index (χ1v) is 5.77. The molecule has 2 saturated heterocycles. The smallest absolute Gasteiger partial charge is 0.0731 e. The first-order chi connectivity index (χ1) is 6.42. The molecule has 0 N–H and O–H groups in total. The van der Waals surface area contributed by atoms with Crippen LogP contribution in [0.4, 0.5) is 0 Å². The predicted octanol–water partition coefficient (Wildman–Crippen LogP) is 2.04. The number of hydrogen-bond acceptors (Lipinski definition) is 2. The summed E-state index contributed by atoms with van der Waals surface area (Å²) >= 11 is 0. The van der Waals surface area contributed by atoms with E-state index in [0.29, 0.717) is 6.10 Å². The van der Waals surface area contributed by atoms with Crippen LogP contribution in [-0.2, 0) is 4.74 Å². The second kappa shape index (κ2) is 4.43. The van der Waals surface area contributed by atoms with E-state index in [1.165, 1.54) is 45.2 Å². The fourth-order valence-electron chi connectivity index (χ4n) is 2.74. The number of hydrogen-bond donors (Lipinski definition) is 0. The maximum Gasteiger partial charge on any atom is 0.0731 e. The molecule has 2 aliphatic rings. The molecule has 2 unspecified atom stereocenters. The fraction of sp³-hybridized carbons (Fsp3) is 1.00. The first-order valence-electron chi connectivity index (χ1n) is 5.77. The van der Waals surface area contributed by atoms with Gasteiger partial charge >= 0.3 is 0 Å². The van der Waals surface area contributed by atoms with Crippen molar-refractivity contribution in [2.75, 3.05) is 19.7 Å². The molecule has 2 aliphatic heterocycles. The summed E-state index contributed by atoms with van der Waals surface area (Å²) in [7, 11) is 0. The molecule has 0 amide bonds. The Morgan fingerprint density at radius 1 is 1.31 bits per heavy atom. The molecule has 0 spiro atoms. The Morgan fingerprint density at radius 2 is 2.23 bits per heavy atom. The molecule has 13 heavy (non-hydrogen) atoms. The van der Waals surface area contributed by atoms with Crippen LogP contribution in [0.2, 0.25) is 0 Å². The van der Waals surface area contributed by atoms with E-state index in [2.05, 4.69) is 11.8 Å². The molecular weight excluding hydrogens is 162 g/mol. The van der Waals surface area contributed by atoms with Gasteiger partial charge in [-0.2, -0.15) is 0 Å². The Labute approximate surface area is 81.3 Å². The van der Waals surface area contributed by atoms with Crippen LogP contribution < -0.4 is 0 Å². The van der Waals surface area contributed by atoms with Crippen molar-refractivity contribution in [3.63, 3.8) is 0 Å². The van der Waals surface area contributed by atoms with Crippen molar-refractivity contribution in [1.29, 1.82) is 0 Å². The lowest BCUT2D eigenvalue weighted by Crippen LogP contribution is -2.39. The third-order valence-corrected chi connectivity index (χ3v) is 3.32. The molecule has 0 aromatic rings. The third kappa shape index (κ3) is 2.05. The van der Waals surface area contributed by atoms with Crippen LogP contribution >= 0.6 is 0 Å². The molecule has 76 valence electrons. The zero-order valence-electron chi connectivity index (χ0n) is 8.67. The third-order valence-electron chi connectivity index (χ3n) is 3.32. The molecule has 2 heteroatoms. The number of likely N-dealkylation sites (tertiary alicyclic amines) is 1. The minimum absolute atomic E-state index is 0.564. The van der Waals surface area contributed by atoms with Gasteiger partial charge in [-0.05, 0) is 45.2 Å². The zero-order chi connectivity index (χ0) is 9.10. The quantitative estimate of drug-likeness (QED) is 0.664. The Balaban J connectivity index is 1.88. The van der Waals surface area contributed by atoms with Crippen molar-refractivity contribution in [2.45, 2.75) is 51.2 Å². The van der Waals surface area contributed by atoms with Crippen LogP contribution in [0.15, 0.2) is 0 Å². The maximum atomic E-state index is 5.77. The number of nitrogens with zero attached hydrogens (tertiary/aromatic N) is 1. The zero-order valence-corrected chi connectivity index (χ0v) is 8.67. The van der Waals surface area contributed by atoms with Gasteiger partial charge in [0, 0.05) is 12.6 Å². The van der Waals surface area contributed by atoms with E-state index in [-0.39, 0.29) is 0 Å². The standard InChI is InChI=1S/C11H21NO/c1-2-7-12-8-3-5-10(12)11-6-4-9-13-11/h10-11H,2-9H2,1H3. The Kier molecular flexibility index (Phi) is 3.23. The minimum Gasteiger partial charge on any atom is -0.377 e. The molecule has 2 nitrogen and oxygen atoms in total. The van der Waals surface area contributed by atoms with Gasteiger partial charge in [-0.25, -0.2) is 0 Å². The van der Waals surface area contributed by atoms with Crippen molar-refractivity contribution < 1.29 is 4.74 Å². The summed E-state index contributed by atoms with van der Waals surface area (Å²) < 4.78 is 5.77. The second-order valence-electron chi connectivity index (χ2n) is 4.30. The number of ether oxygens (including phenoxy) is 1. The lowest BCUT2D eigenvalue weighted by atomic mass is 10.1. The normalized spacial score (nSPS) is 35.8. The fourth-order valence-corrected chi connectivity index (χ4v) is 2.74. The van der Waals surface area contributed by atoms with Crippen molar-refractivity contribution in [1.82, 2.24) is 4.90 Å². The first kappa shape index (κ1) is 9.47. The largest absolute Gasteiger partial charge is 0.377 e. The lowest BCUT2D eigenvalue weighted by molar-refractivity contribution is 0.0416. The Hall–Kier alpha value is -0.0800. The molecule has 0 saturated carbocycles. The molecule has 0 radical (unpaired) electrons. The van der Waals surface area contributed by atoms with Crippen LogP contribution in [0.3, 0.4) is 0 Å². The highest BCUT2D eigenvalue weighted by atomic mass is 16.5. The average molecular weight is 183 g/mol. The van der Waals surface area contributed by atoms with Gasteiger partial charge in [0.15, 0.2) is 0 Å². The van der Waals surface area contributed by atoms with E-state index in [0.717, 1.165) is 12.6 Å². The van der Waals surface area contributed by atoms with E-state index in [1.54, 1.807) is 0 Å². The van der Waals surface area contributed by atoms with E-state index in [9.17, 15) is 0 Å². The molecular formula is C11H21NO. The Bertz CT molecular complexity index is 154. The van der Waals surface area contributed by atoms with E-state index >= 15 is 0 Å². The van der Waals surface area contributed by atoms with E-state index in [4.69, 9.17) is 4.74 Å². The molecule has 0 aliphatic carbocycles. The average Bonchev–Trinajstić information content (AvgIpc) is 2.71. The maximum absolute atomic E-state index is 5.77. The molecule has 2 rings (SSSR count). The molecule has 2 fully saturated rings. The summed E-state index contributed by atoms with van der Waals surface area (Å²) in [5, 5.41) is 0. The SMILES string of the molecule is CCCN1CCCC1C1CCCO1. The summed E-state index contributed by atoms with van der Waals surface area (Å²) in [4.78, 5) is 2.63. The lowest BCUT2D eigenvalue weighted by Gasteiger charge is -2.28. The van der Waals surface area contributed by atoms with E-state index in [1.807, 2.05) is 0 Å². The summed E-state index contributed by atoms with van der Waals surface area (Å²) in [6.45, 7) is 5.84. The Morgan fingerprint density at radius 3 is 2.92 bits per heavy atom. The summed E-state index contributed by atoms with van der Waals surface area (Å²) in [5.74, 6) is 0. The van der Waals surface area contributed by atoms with E-state index < -0.39 is 0 Å². The van der Waals surface area contributed by atoms with Crippen LogP contribution in [0.1, 0.15) is 39.0 Å². The summed E-state index contributed by atoms with van der Waals surface area (Å²) in [5.41, 5.74) is 0. The van der Waals surface area contributed by atoms with Crippen molar-refractivity contribution in [3.8, 4) is 0 Å². The molecule has 0 aromatic heterocycles. The van der Waals surface area contributed by atoms with Gasteiger partial charge in [0.05, 0.1) is 6.10 Å². The molecule has 0 aromatic carbocycles. The molecule has 0 bridgehead atoms. The van der Waals surface area contributed by atoms with Crippen LogP contribution in [0.25, 0.3) is 0 Å². The van der Waals surface area contributed by atoms with Gasteiger partial charge in [0.2, 0.25) is 0 Å². The van der Waals surface area contributed by atoms with Crippen molar-refractivity contribution in [2.24, 2.45) is 0 Å². The van der Waals surface area contributed by atoms with Crippen molar-refractivity contribution >= 4 is 0 Å². The van der Waals surface area contributed by atoms with Gasteiger partial charge in [-0.3, -0.25) is 4.90 Å². The highest BCUT2D eigenvalue weighted by Crippen LogP contribution is 2.27. The summed E-state index contributed by atoms with van der Waals surface area (Å²) in [6, 6.07) is 0.752. The van der Waals surface area contributed by atoms with Gasteiger partial charge in [-0.15, -0.1) is 0 Å². The van der Waals surface area contributed by atoms with Crippen LogP contribution in [0, 0.1) is 0 Å².